The van der Waals surface area contributed by atoms with E-state index in [0.29, 0.717) is 12.5 Å². The maximum absolute atomic E-state index is 11.6. The van der Waals surface area contributed by atoms with E-state index in [1.807, 2.05) is 0 Å². The molecule has 0 radical (unpaired) electrons. The Morgan fingerprint density at radius 3 is 2.47 bits per heavy atom. The first-order chi connectivity index (χ1) is 7.88. The monoisotopic (exact) mass is 242 g/mol. The van der Waals surface area contributed by atoms with Gasteiger partial charge >= 0.3 is 5.97 Å². The molecule has 1 rings (SSSR count). The summed E-state index contributed by atoms with van der Waals surface area (Å²) in [7, 11) is 0. The summed E-state index contributed by atoms with van der Waals surface area (Å²) in [5.74, 6) is 0.00658. The topological polar surface area (TPSA) is 46.5 Å². The average Bonchev–Trinajstić information content (AvgIpc) is 2.27. The molecule has 0 spiro atoms. The molecule has 3 unspecified atom stereocenters. The van der Waals surface area contributed by atoms with Crippen molar-refractivity contribution in [1.29, 1.82) is 0 Å². The molecule has 1 aliphatic rings. The van der Waals surface area contributed by atoms with Crippen LogP contribution in [0.4, 0.5) is 0 Å². The fourth-order valence-electron chi connectivity index (χ4n) is 3.02. The van der Waals surface area contributed by atoms with Crippen LogP contribution in [0.15, 0.2) is 0 Å². The molecule has 3 atom stereocenters. The van der Waals surface area contributed by atoms with E-state index in [4.69, 9.17) is 4.74 Å². The van der Waals surface area contributed by atoms with E-state index < -0.39 is 12.1 Å². The van der Waals surface area contributed by atoms with Crippen LogP contribution in [0.2, 0.25) is 0 Å². The molecule has 1 aliphatic carbocycles. The standard InChI is InChI=1S/C14H26O3/c1-5-17-13(16)12(15)10-8-6-7-9-11(10)14(2,3)4/h10-12,15H,5-9H2,1-4H3. The van der Waals surface area contributed by atoms with Crippen molar-refractivity contribution >= 4 is 5.97 Å². The molecule has 3 nitrogen and oxygen atoms in total. The highest BCUT2D eigenvalue weighted by Gasteiger charge is 2.40. The summed E-state index contributed by atoms with van der Waals surface area (Å²) in [5, 5.41) is 10.1. The van der Waals surface area contributed by atoms with Gasteiger partial charge in [-0.15, -0.1) is 0 Å². The number of ether oxygens (including phenoxy) is 1. The van der Waals surface area contributed by atoms with Crippen LogP contribution in [-0.2, 0) is 9.53 Å². The maximum atomic E-state index is 11.6. The summed E-state index contributed by atoms with van der Waals surface area (Å²) < 4.78 is 4.93. The summed E-state index contributed by atoms with van der Waals surface area (Å²) in [6.45, 7) is 8.67. The van der Waals surface area contributed by atoms with Crippen LogP contribution in [0, 0.1) is 17.3 Å². The van der Waals surface area contributed by atoms with Gasteiger partial charge in [0.15, 0.2) is 6.10 Å². The summed E-state index contributed by atoms with van der Waals surface area (Å²) in [6.07, 6.45) is 3.40. The Kier molecular flexibility index (Phi) is 4.99. The number of aliphatic hydroxyl groups is 1. The van der Waals surface area contributed by atoms with E-state index in [0.717, 1.165) is 19.3 Å². The first-order valence-corrected chi connectivity index (χ1v) is 6.72. The van der Waals surface area contributed by atoms with E-state index in [1.165, 1.54) is 6.42 Å². The molecule has 0 saturated heterocycles. The second-order valence-electron chi connectivity index (χ2n) is 6.12. The maximum Gasteiger partial charge on any atom is 0.335 e. The summed E-state index contributed by atoms with van der Waals surface area (Å²) in [6, 6.07) is 0. The zero-order chi connectivity index (χ0) is 13.1. The van der Waals surface area contributed by atoms with E-state index in [1.54, 1.807) is 6.92 Å². The van der Waals surface area contributed by atoms with Gasteiger partial charge in [0.2, 0.25) is 0 Å². The number of hydrogen-bond donors (Lipinski definition) is 1. The van der Waals surface area contributed by atoms with Crippen molar-refractivity contribution in [3.8, 4) is 0 Å². The van der Waals surface area contributed by atoms with Gasteiger partial charge in [-0.05, 0) is 37.0 Å². The van der Waals surface area contributed by atoms with Crippen LogP contribution in [0.5, 0.6) is 0 Å². The molecule has 0 aromatic heterocycles. The van der Waals surface area contributed by atoms with Gasteiger partial charge in [-0.25, -0.2) is 4.79 Å². The predicted molar refractivity (Wildman–Crippen MR) is 67.5 cm³/mol. The van der Waals surface area contributed by atoms with Crippen molar-refractivity contribution < 1.29 is 14.6 Å². The molecular weight excluding hydrogens is 216 g/mol. The molecule has 0 aliphatic heterocycles. The second kappa shape index (κ2) is 5.85. The molecular formula is C14H26O3. The number of carbonyl (C=O) groups excluding carboxylic acids is 1. The number of rotatable bonds is 3. The minimum atomic E-state index is -0.945. The van der Waals surface area contributed by atoms with Crippen LogP contribution in [0.25, 0.3) is 0 Å². The van der Waals surface area contributed by atoms with Crippen molar-refractivity contribution in [2.24, 2.45) is 17.3 Å². The highest BCUT2D eigenvalue weighted by atomic mass is 16.5. The molecule has 1 saturated carbocycles. The number of esters is 1. The normalized spacial score (nSPS) is 27.6. The lowest BCUT2D eigenvalue weighted by Crippen LogP contribution is -2.42. The van der Waals surface area contributed by atoms with Gasteiger partial charge in [0, 0.05) is 0 Å². The predicted octanol–water partition coefficient (Wildman–Crippen LogP) is 2.76. The van der Waals surface area contributed by atoms with Crippen LogP contribution in [0.1, 0.15) is 53.4 Å². The highest BCUT2D eigenvalue weighted by Crippen LogP contribution is 2.43. The Morgan fingerprint density at radius 1 is 1.35 bits per heavy atom. The summed E-state index contributed by atoms with van der Waals surface area (Å²) in [4.78, 5) is 11.6. The average molecular weight is 242 g/mol. The zero-order valence-electron chi connectivity index (χ0n) is 11.5. The lowest BCUT2D eigenvalue weighted by Gasteiger charge is -2.41. The smallest absolute Gasteiger partial charge is 0.335 e. The van der Waals surface area contributed by atoms with E-state index >= 15 is 0 Å². The fourth-order valence-corrected chi connectivity index (χ4v) is 3.02. The Hall–Kier alpha value is -0.570. The highest BCUT2D eigenvalue weighted by molar-refractivity contribution is 5.74. The molecule has 0 bridgehead atoms. The van der Waals surface area contributed by atoms with Gasteiger partial charge in [0.05, 0.1) is 6.61 Å². The Balaban J connectivity index is 2.74. The molecule has 0 amide bonds. The minimum absolute atomic E-state index is 0.0581. The number of hydrogen-bond acceptors (Lipinski definition) is 3. The Labute approximate surface area is 105 Å². The lowest BCUT2D eigenvalue weighted by atomic mass is 9.65. The summed E-state index contributed by atoms with van der Waals surface area (Å²) in [5.41, 5.74) is 0.137. The molecule has 0 heterocycles. The Morgan fingerprint density at radius 2 is 1.94 bits per heavy atom. The third kappa shape index (κ3) is 3.70. The van der Waals surface area contributed by atoms with Gasteiger partial charge in [-0.3, -0.25) is 0 Å². The fraction of sp³-hybridized carbons (Fsp3) is 0.929. The van der Waals surface area contributed by atoms with Crippen LogP contribution >= 0.6 is 0 Å². The molecule has 1 N–H and O–H groups in total. The largest absolute Gasteiger partial charge is 0.464 e. The first kappa shape index (κ1) is 14.5. The van der Waals surface area contributed by atoms with Crippen molar-refractivity contribution in [3.63, 3.8) is 0 Å². The van der Waals surface area contributed by atoms with E-state index in [-0.39, 0.29) is 11.3 Å². The molecule has 0 aromatic carbocycles. The molecule has 3 heteroatoms. The molecule has 17 heavy (non-hydrogen) atoms. The minimum Gasteiger partial charge on any atom is -0.464 e. The number of aliphatic hydroxyl groups excluding tert-OH is 1. The Bertz CT molecular complexity index is 255. The third-order valence-corrected chi connectivity index (χ3v) is 3.87. The molecule has 0 aromatic rings. The molecule has 100 valence electrons. The SMILES string of the molecule is CCOC(=O)C(O)C1CCCCC1C(C)(C)C. The first-order valence-electron chi connectivity index (χ1n) is 6.72. The van der Waals surface area contributed by atoms with Gasteiger partial charge < -0.3 is 9.84 Å². The van der Waals surface area contributed by atoms with E-state index in [9.17, 15) is 9.90 Å². The van der Waals surface area contributed by atoms with Crippen LogP contribution < -0.4 is 0 Å². The quantitative estimate of drug-likeness (QED) is 0.774. The van der Waals surface area contributed by atoms with Gasteiger partial charge in [0.1, 0.15) is 0 Å². The van der Waals surface area contributed by atoms with Gasteiger partial charge in [0.25, 0.3) is 0 Å². The zero-order valence-corrected chi connectivity index (χ0v) is 11.5. The van der Waals surface area contributed by atoms with Crippen molar-refractivity contribution in [1.82, 2.24) is 0 Å². The number of carbonyl (C=O) groups is 1. The van der Waals surface area contributed by atoms with Crippen molar-refractivity contribution in [3.05, 3.63) is 0 Å². The second-order valence-corrected chi connectivity index (χ2v) is 6.12. The van der Waals surface area contributed by atoms with Crippen molar-refractivity contribution in [2.75, 3.05) is 6.61 Å². The van der Waals surface area contributed by atoms with Crippen molar-refractivity contribution in [2.45, 2.75) is 59.5 Å². The molecule has 1 fully saturated rings. The van der Waals surface area contributed by atoms with Gasteiger partial charge in [-0.2, -0.15) is 0 Å². The summed E-state index contributed by atoms with van der Waals surface area (Å²) >= 11 is 0. The van der Waals surface area contributed by atoms with Crippen LogP contribution in [0.3, 0.4) is 0 Å². The third-order valence-electron chi connectivity index (χ3n) is 3.87. The van der Waals surface area contributed by atoms with E-state index in [2.05, 4.69) is 20.8 Å². The van der Waals surface area contributed by atoms with Gasteiger partial charge in [-0.1, -0.05) is 33.6 Å². The van der Waals surface area contributed by atoms with Crippen LogP contribution in [-0.4, -0.2) is 23.8 Å². The lowest BCUT2D eigenvalue weighted by molar-refractivity contribution is -0.159.